The van der Waals surface area contributed by atoms with Crippen LogP contribution in [0, 0.1) is 0 Å². The van der Waals surface area contributed by atoms with E-state index in [4.69, 9.17) is 14.2 Å². The van der Waals surface area contributed by atoms with Gasteiger partial charge >= 0.3 is 0 Å². The van der Waals surface area contributed by atoms with Gasteiger partial charge in [0.05, 0.1) is 13.7 Å². The highest BCUT2D eigenvalue weighted by molar-refractivity contribution is 5.95. The zero-order chi connectivity index (χ0) is 22.7. The molecular formula is C22H27NO8. The molecule has 2 aromatic carbocycles. The zero-order valence-corrected chi connectivity index (χ0v) is 17.5. The summed E-state index contributed by atoms with van der Waals surface area (Å²) in [6.07, 6.45) is -6.95. The molecule has 9 nitrogen and oxygen atoms in total. The number of carbonyl (C=O) groups excluding carboxylic acids is 1. The first-order chi connectivity index (χ1) is 14.8. The molecule has 5 atom stereocenters. The van der Waals surface area contributed by atoms with Gasteiger partial charge in [-0.1, -0.05) is 18.2 Å². The van der Waals surface area contributed by atoms with Crippen molar-refractivity contribution >= 4 is 5.91 Å². The number of carbonyl (C=O) groups is 1. The number of benzene rings is 2. The lowest BCUT2D eigenvalue weighted by Gasteiger charge is -2.39. The van der Waals surface area contributed by atoms with Crippen molar-refractivity contribution in [3.05, 3.63) is 48.0 Å². The second-order valence-electron chi connectivity index (χ2n) is 7.46. The summed E-state index contributed by atoms with van der Waals surface area (Å²) in [7, 11) is 4.82. The minimum Gasteiger partial charge on any atom is -0.493 e. The van der Waals surface area contributed by atoms with Crippen LogP contribution in [0.4, 0.5) is 0 Å². The van der Waals surface area contributed by atoms with E-state index in [1.54, 1.807) is 50.5 Å². The van der Waals surface area contributed by atoms with Gasteiger partial charge in [-0.15, -0.1) is 0 Å². The molecule has 3 unspecified atom stereocenters. The zero-order valence-electron chi connectivity index (χ0n) is 17.5. The average Bonchev–Trinajstić information content (AvgIpc) is 2.79. The SMILES string of the molecule is COc1cc(-c2cccc(C(=O)N(C)C)c2)ccc1O[C@H]1OC(CO)[C@@H](O)C(O)C1O. The maximum atomic E-state index is 12.2. The molecule has 4 N–H and O–H groups in total. The predicted octanol–water partition coefficient (Wildman–Crippen LogP) is 0.243. The van der Waals surface area contributed by atoms with E-state index < -0.39 is 37.3 Å². The van der Waals surface area contributed by atoms with Gasteiger partial charge in [-0.2, -0.15) is 0 Å². The minimum atomic E-state index is -1.54. The maximum absolute atomic E-state index is 12.2. The lowest BCUT2D eigenvalue weighted by Crippen LogP contribution is -2.60. The Morgan fingerprint density at radius 1 is 1.00 bits per heavy atom. The Morgan fingerprint density at radius 3 is 2.35 bits per heavy atom. The van der Waals surface area contributed by atoms with Gasteiger partial charge in [0.15, 0.2) is 11.5 Å². The summed E-state index contributed by atoms with van der Waals surface area (Å²) in [5, 5.41) is 39.4. The Labute approximate surface area is 180 Å². The second-order valence-corrected chi connectivity index (χ2v) is 7.46. The smallest absolute Gasteiger partial charge is 0.253 e. The number of aliphatic hydroxyl groups excluding tert-OH is 4. The van der Waals surface area contributed by atoms with Crippen molar-refractivity contribution in [1.29, 1.82) is 0 Å². The van der Waals surface area contributed by atoms with Crippen molar-refractivity contribution in [3.8, 4) is 22.6 Å². The van der Waals surface area contributed by atoms with Crippen LogP contribution in [0.2, 0.25) is 0 Å². The summed E-state index contributed by atoms with van der Waals surface area (Å²) in [6, 6.07) is 12.2. The standard InChI is InChI=1S/C22H27NO8/c1-23(2)21(28)14-6-4-5-12(9-14)13-7-8-15(16(10-13)29-3)30-22-20(27)19(26)18(25)17(11-24)31-22/h4-10,17-20,22,24-27H,11H2,1-3H3/t17?,18-,19?,20?,22+/m1/s1. The van der Waals surface area contributed by atoms with E-state index in [-0.39, 0.29) is 11.7 Å². The van der Waals surface area contributed by atoms with E-state index in [1.807, 2.05) is 6.07 Å². The van der Waals surface area contributed by atoms with Crippen LogP contribution in [-0.4, -0.2) is 89.8 Å². The van der Waals surface area contributed by atoms with Gasteiger partial charge in [0.1, 0.15) is 24.4 Å². The largest absolute Gasteiger partial charge is 0.493 e. The molecule has 0 aromatic heterocycles. The van der Waals surface area contributed by atoms with Crippen LogP contribution in [0.1, 0.15) is 10.4 Å². The van der Waals surface area contributed by atoms with Crippen molar-refractivity contribution in [2.24, 2.45) is 0 Å². The highest BCUT2D eigenvalue weighted by Crippen LogP contribution is 2.35. The van der Waals surface area contributed by atoms with Gasteiger partial charge in [-0.05, 0) is 35.4 Å². The topological polar surface area (TPSA) is 129 Å². The van der Waals surface area contributed by atoms with Gasteiger partial charge in [0.25, 0.3) is 5.91 Å². The minimum absolute atomic E-state index is 0.114. The lowest BCUT2D eigenvalue weighted by atomic mass is 9.99. The fourth-order valence-corrected chi connectivity index (χ4v) is 3.32. The quantitative estimate of drug-likeness (QED) is 0.510. The maximum Gasteiger partial charge on any atom is 0.253 e. The molecule has 31 heavy (non-hydrogen) atoms. The lowest BCUT2D eigenvalue weighted by molar-refractivity contribution is -0.277. The van der Waals surface area contributed by atoms with Gasteiger partial charge in [0, 0.05) is 19.7 Å². The number of aliphatic hydroxyl groups is 4. The third-order valence-electron chi connectivity index (χ3n) is 5.10. The summed E-state index contributed by atoms with van der Waals surface area (Å²) in [5.41, 5.74) is 2.11. The predicted molar refractivity (Wildman–Crippen MR) is 111 cm³/mol. The first-order valence-corrected chi connectivity index (χ1v) is 9.74. The van der Waals surface area contributed by atoms with Crippen LogP contribution in [0.5, 0.6) is 11.5 Å². The van der Waals surface area contributed by atoms with Crippen LogP contribution in [-0.2, 0) is 4.74 Å². The van der Waals surface area contributed by atoms with Crippen molar-refractivity contribution < 1.29 is 39.4 Å². The molecule has 0 bridgehead atoms. The molecule has 168 valence electrons. The molecule has 1 saturated heterocycles. The average molecular weight is 433 g/mol. The molecule has 3 rings (SSSR count). The number of rotatable bonds is 6. The first kappa shape index (κ1) is 23.0. The fraction of sp³-hybridized carbons (Fsp3) is 0.409. The van der Waals surface area contributed by atoms with E-state index in [9.17, 15) is 25.2 Å². The van der Waals surface area contributed by atoms with Crippen molar-refractivity contribution in [2.45, 2.75) is 30.7 Å². The molecule has 0 aliphatic carbocycles. The van der Waals surface area contributed by atoms with E-state index in [2.05, 4.69) is 0 Å². The molecule has 0 saturated carbocycles. The molecule has 2 aromatic rings. The summed E-state index contributed by atoms with van der Waals surface area (Å²) >= 11 is 0. The van der Waals surface area contributed by atoms with Crippen LogP contribution in [0.15, 0.2) is 42.5 Å². The van der Waals surface area contributed by atoms with Crippen molar-refractivity contribution in [2.75, 3.05) is 27.8 Å². The van der Waals surface area contributed by atoms with E-state index in [0.717, 1.165) is 11.1 Å². The second kappa shape index (κ2) is 9.63. The summed E-state index contributed by atoms with van der Waals surface area (Å²) < 4.78 is 16.5. The Kier molecular flexibility index (Phi) is 7.14. The Morgan fingerprint density at radius 2 is 1.71 bits per heavy atom. The summed E-state index contributed by atoms with van der Waals surface area (Å²) in [4.78, 5) is 13.7. The molecule has 9 heteroatoms. The Balaban J connectivity index is 1.86. The number of ether oxygens (including phenoxy) is 3. The van der Waals surface area contributed by atoms with Gasteiger partial charge in [-0.3, -0.25) is 4.79 Å². The summed E-state index contributed by atoms with van der Waals surface area (Å²) in [5.74, 6) is 0.450. The Hall–Kier alpha value is -2.69. The van der Waals surface area contributed by atoms with Crippen LogP contribution in [0.3, 0.4) is 0 Å². The third kappa shape index (κ3) is 4.81. The van der Waals surface area contributed by atoms with Crippen LogP contribution in [0.25, 0.3) is 11.1 Å². The highest BCUT2D eigenvalue weighted by atomic mass is 16.7. The molecular weight excluding hydrogens is 406 g/mol. The number of methoxy groups -OCH3 is 1. The van der Waals surface area contributed by atoms with E-state index in [1.165, 1.54) is 12.0 Å². The van der Waals surface area contributed by atoms with Gasteiger partial charge < -0.3 is 39.5 Å². The third-order valence-corrected chi connectivity index (χ3v) is 5.10. The molecule has 0 radical (unpaired) electrons. The van der Waals surface area contributed by atoms with Crippen LogP contribution >= 0.6 is 0 Å². The van der Waals surface area contributed by atoms with Gasteiger partial charge in [0.2, 0.25) is 6.29 Å². The highest BCUT2D eigenvalue weighted by Gasteiger charge is 2.44. The number of nitrogens with zero attached hydrogens (tertiary/aromatic N) is 1. The van der Waals surface area contributed by atoms with Crippen molar-refractivity contribution in [1.82, 2.24) is 4.90 Å². The number of hydrogen-bond acceptors (Lipinski definition) is 8. The molecule has 1 amide bonds. The fourth-order valence-electron chi connectivity index (χ4n) is 3.32. The normalized spacial score (nSPS) is 25.7. The Bertz CT molecular complexity index is 916. The monoisotopic (exact) mass is 433 g/mol. The van der Waals surface area contributed by atoms with E-state index >= 15 is 0 Å². The van der Waals surface area contributed by atoms with Crippen molar-refractivity contribution in [3.63, 3.8) is 0 Å². The molecule has 0 spiro atoms. The molecule has 1 aliphatic rings. The van der Waals surface area contributed by atoms with E-state index in [0.29, 0.717) is 11.3 Å². The van der Waals surface area contributed by atoms with Gasteiger partial charge in [-0.25, -0.2) is 0 Å². The summed E-state index contributed by atoms with van der Waals surface area (Å²) in [6.45, 7) is -0.553. The number of hydrogen-bond donors (Lipinski definition) is 4. The molecule has 1 aliphatic heterocycles. The molecule has 1 heterocycles. The van der Waals surface area contributed by atoms with Crippen LogP contribution < -0.4 is 9.47 Å². The first-order valence-electron chi connectivity index (χ1n) is 9.74. The molecule has 1 fully saturated rings. The number of amides is 1.